The lowest BCUT2D eigenvalue weighted by Gasteiger charge is -2.39. The van der Waals surface area contributed by atoms with Gasteiger partial charge in [-0.15, -0.1) is 22.7 Å². The zero-order valence-corrected chi connectivity index (χ0v) is 24.2. The van der Waals surface area contributed by atoms with Crippen molar-refractivity contribution in [2.45, 2.75) is 32.9 Å². The van der Waals surface area contributed by atoms with Gasteiger partial charge in [-0.1, -0.05) is 6.07 Å². The standard InChI is InChI=1S/C29H27N3O6S2/c1-16-6-11-23(40-16)26(33)37-14-20-18(9-10-21-25(20)32(4)28(35)29(2,3)31-21)19-8-7-17(12-22(19)36-5)38-27(34)24-13-30-15-39-24/h6-13,15,31H,14H2,1-5H3. The van der Waals surface area contributed by atoms with Crippen LogP contribution in [0.4, 0.5) is 11.4 Å². The zero-order valence-electron chi connectivity index (χ0n) is 22.6. The number of aromatic nitrogens is 1. The van der Waals surface area contributed by atoms with Gasteiger partial charge in [-0.25, -0.2) is 9.59 Å². The average Bonchev–Trinajstić information content (AvgIpc) is 3.62. The maximum atomic E-state index is 13.2. The van der Waals surface area contributed by atoms with Crippen LogP contribution in [0.15, 0.2) is 54.2 Å². The quantitative estimate of drug-likeness (QED) is 0.213. The summed E-state index contributed by atoms with van der Waals surface area (Å²) in [5, 5.41) is 3.31. The van der Waals surface area contributed by atoms with E-state index in [9.17, 15) is 14.4 Å². The molecule has 0 aliphatic carbocycles. The third kappa shape index (κ3) is 5.17. The summed E-state index contributed by atoms with van der Waals surface area (Å²) in [4.78, 5) is 45.9. The Hall–Kier alpha value is -4.22. The molecular formula is C29H27N3O6S2. The molecule has 0 spiro atoms. The van der Waals surface area contributed by atoms with Gasteiger partial charge in [-0.3, -0.25) is 9.78 Å². The van der Waals surface area contributed by atoms with E-state index >= 15 is 0 Å². The molecule has 5 rings (SSSR count). The lowest BCUT2D eigenvalue weighted by atomic mass is 9.91. The van der Waals surface area contributed by atoms with Crippen LogP contribution in [0.2, 0.25) is 0 Å². The number of thiophene rings is 1. The van der Waals surface area contributed by atoms with Crippen LogP contribution in [0.3, 0.4) is 0 Å². The lowest BCUT2D eigenvalue weighted by Crippen LogP contribution is -2.52. The minimum Gasteiger partial charge on any atom is -0.496 e. The minimum atomic E-state index is -0.812. The number of ether oxygens (including phenoxy) is 3. The highest BCUT2D eigenvalue weighted by molar-refractivity contribution is 7.13. The number of nitrogens with one attached hydrogen (secondary N) is 1. The van der Waals surface area contributed by atoms with Crippen molar-refractivity contribution < 1.29 is 28.6 Å². The maximum Gasteiger partial charge on any atom is 0.355 e. The summed E-state index contributed by atoms with van der Waals surface area (Å²) in [6, 6.07) is 12.4. The van der Waals surface area contributed by atoms with E-state index in [1.54, 1.807) is 41.7 Å². The van der Waals surface area contributed by atoms with Gasteiger partial charge in [-0.05, 0) is 56.7 Å². The third-order valence-corrected chi connectivity index (χ3v) is 8.23. The van der Waals surface area contributed by atoms with E-state index in [4.69, 9.17) is 14.2 Å². The van der Waals surface area contributed by atoms with Gasteiger partial charge in [-0.2, -0.15) is 0 Å². The van der Waals surface area contributed by atoms with Gasteiger partial charge in [0.25, 0.3) is 5.91 Å². The zero-order chi connectivity index (χ0) is 28.6. The smallest absolute Gasteiger partial charge is 0.355 e. The van der Waals surface area contributed by atoms with E-state index in [-0.39, 0.29) is 12.5 Å². The fourth-order valence-corrected chi connectivity index (χ4v) is 5.87. The minimum absolute atomic E-state index is 0.0840. The number of carbonyl (C=O) groups is 3. The molecule has 0 atom stereocenters. The van der Waals surface area contributed by atoms with E-state index < -0.39 is 17.5 Å². The van der Waals surface area contributed by atoms with Crippen molar-refractivity contribution in [3.05, 3.63) is 74.4 Å². The first-order chi connectivity index (χ1) is 19.1. The molecule has 1 aliphatic rings. The van der Waals surface area contributed by atoms with E-state index in [1.165, 1.54) is 36.0 Å². The van der Waals surface area contributed by atoms with Crippen molar-refractivity contribution in [2.75, 3.05) is 24.4 Å². The monoisotopic (exact) mass is 577 g/mol. The Morgan fingerprint density at radius 3 is 2.50 bits per heavy atom. The molecule has 0 saturated heterocycles. The highest BCUT2D eigenvalue weighted by Crippen LogP contribution is 2.45. The van der Waals surface area contributed by atoms with Crippen molar-refractivity contribution in [1.82, 2.24) is 4.98 Å². The molecule has 3 heterocycles. The summed E-state index contributed by atoms with van der Waals surface area (Å²) in [5.41, 5.74) is 4.10. The van der Waals surface area contributed by atoms with Crippen LogP contribution >= 0.6 is 22.7 Å². The fourth-order valence-electron chi connectivity index (χ4n) is 4.61. The molecule has 2 aromatic carbocycles. The molecule has 40 heavy (non-hydrogen) atoms. The summed E-state index contributed by atoms with van der Waals surface area (Å²) in [6.45, 7) is 5.47. The number of carbonyl (C=O) groups excluding carboxylic acids is 3. The number of fused-ring (bicyclic) bond motifs is 1. The number of hydrogen-bond acceptors (Lipinski definition) is 10. The molecule has 9 nitrogen and oxygen atoms in total. The molecule has 4 aromatic rings. The summed E-state index contributed by atoms with van der Waals surface area (Å²) in [5.74, 6) is -0.355. The highest BCUT2D eigenvalue weighted by atomic mass is 32.1. The first-order valence-electron chi connectivity index (χ1n) is 12.3. The number of methoxy groups -OCH3 is 1. The number of aryl methyl sites for hydroxylation is 1. The van der Waals surface area contributed by atoms with Crippen LogP contribution in [0.5, 0.6) is 11.5 Å². The van der Waals surface area contributed by atoms with Crippen molar-refractivity contribution in [3.8, 4) is 22.6 Å². The summed E-state index contributed by atoms with van der Waals surface area (Å²) in [6.07, 6.45) is 1.45. The lowest BCUT2D eigenvalue weighted by molar-refractivity contribution is -0.121. The summed E-state index contributed by atoms with van der Waals surface area (Å²) >= 11 is 2.54. The summed E-state index contributed by atoms with van der Waals surface area (Å²) < 4.78 is 17.0. The Labute approximate surface area is 239 Å². The maximum absolute atomic E-state index is 13.2. The molecule has 1 amide bonds. The number of nitrogens with zero attached hydrogens (tertiary/aromatic N) is 2. The molecule has 206 valence electrons. The normalized spacial score (nSPS) is 13.8. The molecule has 1 N–H and O–H groups in total. The van der Waals surface area contributed by atoms with Gasteiger partial charge >= 0.3 is 11.9 Å². The second-order valence-electron chi connectivity index (χ2n) is 9.71. The Morgan fingerprint density at radius 1 is 1.05 bits per heavy atom. The van der Waals surface area contributed by atoms with E-state index in [2.05, 4.69) is 10.3 Å². The van der Waals surface area contributed by atoms with Crippen molar-refractivity contribution >= 4 is 51.9 Å². The molecule has 0 fully saturated rings. The molecule has 0 saturated carbocycles. The number of benzene rings is 2. The Balaban J connectivity index is 1.56. The van der Waals surface area contributed by atoms with Gasteiger partial charge in [0.15, 0.2) is 0 Å². The first-order valence-corrected chi connectivity index (χ1v) is 14.0. The number of likely N-dealkylation sites (N-methyl/N-ethyl adjacent to an activating group) is 1. The van der Waals surface area contributed by atoms with Crippen LogP contribution in [0.25, 0.3) is 11.1 Å². The Morgan fingerprint density at radius 2 is 1.82 bits per heavy atom. The number of anilines is 2. The van der Waals surface area contributed by atoms with Gasteiger partial charge in [0.2, 0.25) is 0 Å². The number of amides is 1. The second kappa shape index (κ2) is 10.7. The van der Waals surface area contributed by atoms with E-state index in [0.717, 1.165) is 10.6 Å². The molecule has 2 aromatic heterocycles. The number of thiazole rings is 1. The average molecular weight is 578 g/mol. The van der Waals surface area contributed by atoms with Crippen molar-refractivity contribution in [3.63, 3.8) is 0 Å². The van der Waals surface area contributed by atoms with E-state index in [0.29, 0.717) is 43.6 Å². The van der Waals surface area contributed by atoms with Gasteiger partial charge in [0.1, 0.15) is 33.4 Å². The molecule has 0 bridgehead atoms. The Kier molecular flexibility index (Phi) is 7.35. The van der Waals surface area contributed by atoms with Gasteiger partial charge in [0.05, 0.1) is 30.2 Å². The fraction of sp³-hybridized carbons (Fsp3) is 0.241. The molecule has 11 heteroatoms. The Bertz CT molecular complexity index is 1610. The number of esters is 2. The third-order valence-electron chi connectivity index (χ3n) is 6.50. The topological polar surface area (TPSA) is 107 Å². The van der Waals surface area contributed by atoms with Crippen LogP contribution in [0, 0.1) is 6.92 Å². The molecular weight excluding hydrogens is 550 g/mol. The van der Waals surface area contributed by atoms with Crippen molar-refractivity contribution in [1.29, 1.82) is 0 Å². The van der Waals surface area contributed by atoms with Crippen LogP contribution < -0.4 is 19.7 Å². The summed E-state index contributed by atoms with van der Waals surface area (Å²) in [7, 11) is 3.23. The first kappa shape index (κ1) is 27.4. The SMILES string of the molecule is COc1cc(OC(=O)c2cncs2)ccc1-c1ccc2c(c1COC(=O)c1ccc(C)s1)N(C)C(=O)C(C)(C)N2. The molecule has 0 unspecified atom stereocenters. The van der Waals surface area contributed by atoms with Gasteiger partial charge < -0.3 is 24.4 Å². The van der Waals surface area contributed by atoms with Gasteiger partial charge in [0, 0.05) is 29.1 Å². The predicted octanol–water partition coefficient (Wildman–Crippen LogP) is 5.93. The molecule has 1 aliphatic heterocycles. The number of hydrogen-bond donors (Lipinski definition) is 1. The van der Waals surface area contributed by atoms with E-state index in [1.807, 2.05) is 39.0 Å². The number of rotatable bonds is 7. The predicted molar refractivity (Wildman–Crippen MR) is 155 cm³/mol. The second-order valence-corrected chi connectivity index (χ2v) is 11.9. The van der Waals surface area contributed by atoms with Crippen molar-refractivity contribution in [2.24, 2.45) is 0 Å². The van der Waals surface area contributed by atoms with Crippen LogP contribution in [-0.4, -0.2) is 42.5 Å². The van der Waals surface area contributed by atoms with Crippen LogP contribution in [0.1, 0.15) is 43.6 Å². The molecule has 0 radical (unpaired) electrons. The van der Waals surface area contributed by atoms with Crippen LogP contribution in [-0.2, 0) is 16.1 Å². The highest BCUT2D eigenvalue weighted by Gasteiger charge is 2.39. The largest absolute Gasteiger partial charge is 0.496 e.